The van der Waals surface area contributed by atoms with E-state index in [1.54, 1.807) is 29.6 Å². The van der Waals surface area contributed by atoms with E-state index < -0.39 is 11.7 Å². The van der Waals surface area contributed by atoms with Gasteiger partial charge in [-0.3, -0.25) is 4.79 Å². The fourth-order valence-corrected chi connectivity index (χ4v) is 3.35. The summed E-state index contributed by atoms with van der Waals surface area (Å²) in [5.74, 6) is -0.0260. The van der Waals surface area contributed by atoms with Crippen LogP contribution in [0, 0.1) is 5.82 Å². The van der Waals surface area contributed by atoms with Crippen molar-refractivity contribution in [3.8, 4) is 22.1 Å². The highest BCUT2D eigenvalue weighted by molar-refractivity contribution is 7.13. The molecule has 0 fully saturated rings. The van der Waals surface area contributed by atoms with E-state index in [1.165, 1.54) is 37.7 Å². The normalized spacial score (nSPS) is 10.5. The van der Waals surface area contributed by atoms with Crippen LogP contribution in [0.25, 0.3) is 10.6 Å². The van der Waals surface area contributed by atoms with Gasteiger partial charge >= 0.3 is 0 Å². The molecule has 0 unspecified atom stereocenters. The Morgan fingerprint density at radius 1 is 1.19 bits per heavy atom. The number of nitrogens with one attached hydrogen (secondary N) is 1. The lowest BCUT2D eigenvalue weighted by atomic mass is 10.2. The van der Waals surface area contributed by atoms with E-state index in [0.29, 0.717) is 32.8 Å². The number of halogens is 2. The number of carbonyl (C=O) groups excluding carboxylic acids is 1. The molecular formula is C18H14ClFN2O3S. The Hall–Kier alpha value is -2.64. The lowest BCUT2D eigenvalue weighted by Crippen LogP contribution is -2.13. The van der Waals surface area contributed by atoms with Crippen molar-refractivity contribution < 1.29 is 18.7 Å². The smallest absolute Gasteiger partial charge is 0.275 e. The first-order chi connectivity index (χ1) is 12.5. The second kappa shape index (κ2) is 7.72. The topological polar surface area (TPSA) is 60.5 Å². The Kier molecular flexibility index (Phi) is 5.39. The molecule has 1 amide bonds. The van der Waals surface area contributed by atoms with E-state index in [9.17, 15) is 9.18 Å². The lowest BCUT2D eigenvalue weighted by Gasteiger charge is -2.12. The van der Waals surface area contributed by atoms with E-state index in [4.69, 9.17) is 21.1 Å². The van der Waals surface area contributed by atoms with Crippen molar-refractivity contribution in [1.29, 1.82) is 0 Å². The maximum Gasteiger partial charge on any atom is 0.275 e. The maximum absolute atomic E-state index is 13.9. The van der Waals surface area contributed by atoms with Gasteiger partial charge in [-0.2, -0.15) is 0 Å². The summed E-state index contributed by atoms with van der Waals surface area (Å²) in [4.78, 5) is 16.7. The second-order valence-corrected chi connectivity index (χ2v) is 6.42. The van der Waals surface area contributed by atoms with Crippen LogP contribution in [0.2, 0.25) is 5.02 Å². The van der Waals surface area contributed by atoms with Crippen LogP contribution in [0.15, 0.2) is 41.8 Å². The van der Waals surface area contributed by atoms with Crippen LogP contribution in [-0.4, -0.2) is 25.1 Å². The summed E-state index contributed by atoms with van der Waals surface area (Å²) in [5.41, 5.74) is 0.896. The van der Waals surface area contributed by atoms with E-state index in [0.717, 1.165) is 0 Å². The average molecular weight is 393 g/mol. The summed E-state index contributed by atoms with van der Waals surface area (Å²) in [6.07, 6.45) is 0. The van der Waals surface area contributed by atoms with Gasteiger partial charge in [-0.1, -0.05) is 23.7 Å². The molecule has 8 heteroatoms. The molecular weight excluding hydrogens is 379 g/mol. The SMILES string of the molecule is COc1cc(OC)c(NC(=O)c2csc(-c3ccccc3F)n2)cc1Cl. The van der Waals surface area contributed by atoms with Gasteiger partial charge in [0.05, 0.1) is 24.9 Å². The molecule has 1 heterocycles. The molecule has 3 aromatic rings. The number of aromatic nitrogens is 1. The zero-order chi connectivity index (χ0) is 18.7. The van der Waals surface area contributed by atoms with E-state index in [1.807, 2.05) is 0 Å². The van der Waals surface area contributed by atoms with Gasteiger partial charge in [0, 0.05) is 17.0 Å². The van der Waals surface area contributed by atoms with Gasteiger partial charge in [0.25, 0.3) is 5.91 Å². The number of anilines is 1. The van der Waals surface area contributed by atoms with Crippen molar-refractivity contribution >= 4 is 34.5 Å². The molecule has 1 N–H and O–H groups in total. The molecule has 0 aliphatic heterocycles. The number of nitrogens with zero attached hydrogens (tertiary/aromatic N) is 1. The minimum absolute atomic E-state index is 0.169. The highest BCUT2D eigenvalue weighted by Gasteiger charge is 2.17. The summed E-state index contributed by atoms with van der Waals surface area (Å²) in [5, 5.41) is 5.01. The standard InChI is InChI=1S/C18H14ClFN2O3S/c1-24-15-8-16(25-2)13(7-11(15)19)21-17(23)14-9-26-18(22-14)10-5-3-4-6-12(10)20/h3-9H,1-2H3,(H,21,23). The number of carbonyl (C=O) groups is 1. The molecule has 0 aliphatic carbocycles. The predicted molar refractivity (Wildman–Crippen MR) is 100 cm³/mol. The van der Waals surface area contributed by atoms with Gasteiger partial charge < -0.3 is 14.8 Å². The number of amides is 1. The first kappa shape index (κ1) is 18.2. The summed E-state index contributed by atoms with van der Waals surface area (Å²) < 4.78 is 24.2. The van der Waals surface area contributed by atoms with Gasteiger partial charge in [-0.05, 0) is 18.2 Å². The van der Waals surface area contributed by atoms with Crippen molar-refractivity contribution in [2.75, 3.05) is 19.5 Å². The van der Waals surface area contributed by atoms with Gasteiger partial charge in [0.1, 0.15) is 28.0 Å². The van der Waals surface area contributed by atoms with Gasteiger partial charge in [0.15, 0.2) is 0 Å². The van der Waals surface area contributed by atoms with Crippen LogP contribution in [0.5, 0.6) is 11.5 Å². The largest absolute Gasteiger partial charge is 0.495 e. The molecule has 2 aromatic carbocycles. The second-order valence-electron chi connectivity index (χ2n) is 5.16. The fraction of sp³-hybridized carbons (Fsp3) is 0.111. The van der Waals surface area contributed by atoms with Crippen LogP contribution in [0.4, 0.5) is 10.1 Å². The third-order valence-electron chi connectivity index (χ3n) is 3.56. The van der Waals surface area contributed by atoms with E-state index in [-0.39, 0.29) is 5.69 Å². The van der Waals surface area contributed by atoms with Crippen molar-refractivity contribution in [1.82, 2.24) is 4.98 Å². The van der Waals surface area contributed by atoms with Crippen LogP contribution in [0.3, 0.4) is 0 Å². The number of rotatable bonds is 5. The number of ether oxygens (including phenoxy) is 2. The molecule has 1 aromatic heterocycles. The van der Waals surface area contributed by atoms with Crippen molar-refractivity contribution in [3.63, 3.8) is 0 Å². The summed E-state index contributed by atoms with van der Waals surface area (Å²) in [6, 6.07) is 9.37. The molecule has 0 saturated heterocycles. The molecule has 0 bridgehead atoms. The van der Waals surface area contributed by atoms with Crippen LogP contribution in [0.1, 0.15) is 10.5 Å². The van der Waals surface area contributed by atoms with Crippen LogP contribution < -0.4 is 14.8 Å². The quantitative estimate of drug-likeness (QED) is 0.672. The maximum atomic E-state index is 13.9. The minimum atomic E-state index is -0.455. The molecule has 26 heavy (non-hydrogen) atoms. The molecule has 5 nitrogen and oxygen atoms in total. The lowest BCUT2D eigenvalue weighted by molar-refractivity contribution is 0.102. The molecule has 0 spiro atoms. The molecule has 134 valence electrons. The van der Waals surface area contributed by atoms with Gasteiger partial charge in [-0.15, -0.1) is 11.3 Å². The van der Waals surface area contributed by atoms with Crippen molar-refractivity contribution in [2.45, 2.75) is 0 Å². The minimum Gasteiger partial charge on any atom is -0.495 e. The third-order valence-corrected chi connectivity index (χ3v) is 4.73. The molecule has 0 aliphatic rings. The molecule has 0 saturated carbocycles. The first-order valence-corrected chi connectivity index (χ1v) is 8.72. The number of benzene rings is 2. The summed E-state index contributed by atoms with van der Waals surface area (Å²) >= 11 is 7.29. The Morgan fingerprint density at radius 3 is 2.62 bits per heavy atom. The Bertz CT molecular complexity index is 961. The molecule has 0 radical (unpaired) electrons. The van der Waals surface area contributed by atoms with Crippen LogP contribution >= 0.6 is 22.9 Å². The highest BCUT2D eigenvalue weighted by Crippen LogP contribution is 2.36. The Balaban J connectivity index is 1.86. The van der Waals surface area contributed by atoms with E-state index >= 15 is 0 Å². The summed E-state index contributed by atoms with van der Waals surface area (Å²) in [6.45, 7) is 0. The van der Waals surface area contributed by atoms with Crippen LogP contribution in [-0.2, 0) is 0 Å². The zero-order valence-corrected chi connectivity index (χ0v) is 15.5. The molecule has 0 atom stereocenters. The fourth-order valence-electron chi connectivity index (χ4n) is 2.28. The van der Waals surface area contributed by atoms with Crippen molar-refractivity contribution in [3.05, 3.63) is 58.3 Å². The molecule has 3 rings (SSSR count). The van der Waals surface area contributed by atoms with Gasteiger partial charge in [-0.25, -0.2) is 9.37 Å². The monoisotopic (exact) mass is 392 g/mol. The number of hydrogen-bond donors (Lipinski definition) is 1. The number of methoxy groups -OCH3 is 2. The first-order valence-electron chi connectivity index (χ1n) is 7.46. The number of hydrogen-bond acceptors (Lipinski definition) is 5. The summed E-state index contributed by atoms with van der Waals surface area (Å²) in [7, 11) is 2.95. The van der Waals surface area contributed by atoms with E-state index in [2.05, 4.69) is 10.3 Å². The zero-order valence-electron chi connectivity index (χ0n) is 13.9. The Labute approximate surface area is 158 Å². The predicted octanol–water partition coefficient (Wildman–Crippen LogP) is 4.87. The van der Waals surface area contributed by atoms with Gasteiger partial charge in [0.2, 0.25) is 0 Å². The Morgan fingerprint density at radius 2 is 1.92 bits per heavy atom. The van der Waals surface area contributed by atoms with Crippen molar-refractivity contribution in [2.24, 2.45) is 0 Å². The highest BCUT2D eigenvalue weighted by atomic mass is 35.5. The number of thiazole rings is 1. The third kappa shape index (κ3) is 3.63. The average Bonchev–Trinajstić information content (AvgIpc) is 3.12.